The minimum atomic E-state index is -0.791. The number of nitrogens with zero attached hydrogens (tertiary/aromatic N) is 1. The zero-order chi connectivity index (χ0) is 17.9. The van der Waals surface area contributed by atoms with Gasteiger partial charge in [0.2, 0.25) is 5.88 Å². The van der Waals surface area contributed by atoms with Gasteiger partial charge in [-0.2, -0.15) is 0 Å². The van der Waals surface area contributed by atoms with Gasteiger partial charge in [-0.15, -0.1) is 0 Å². The Morgan fingerprint density at radius 1 is 1.13 bits per heavy atom. The van der Waals surface area contributed by atoms with E-state index in [0.717, 1.165) is 0 Å². The van der Waals surface area contributed by atoms with E-state index >= 15 is 0 Å². The van der Waals surface area contributed by atoms with Gasteiger partial charge in [-0.25, -0.2) is 9.78 Å². The summed E-state index contributed by atoms with van der Waals surface area (Å²) >= 11 is 0. The first kappa shape index (κ1) is 21.3. The number of methoxy groups -OCH3 is 2. The van der Waals surface area contributed by atoms with Crippen molar-refractivity contribution in [3.63, 3.8) is 0 Å². The molecule has 0 radical (unpaired) electrons. The lowest BCUT2D eigenvalue weighted by Crippen LogP contribution is -2.34. The standard InChI is InChI=1S/C11H15NO4.C5H12O2/c1-11(2,8-14-3)16-10(13)15-9-6-4-5-7-12-9;1-5(2,6)4-7-3/h4-7H,8H2,1-3H3;6H,4H2,1-3H3. The zero-order valence-corrected chi connectivity index (χ0v) is 14.7. The van der Waals surface area contributed by atoms with E-state index in [1.54, 1.807) is 53.0 Å². The van der Waals surface area contributed by atoms with Crippen LogP contribution in [0.25, 0.3) is 0 Å². The molecule has 7 nitrogen and oxygen atoms in total. The molecule has 1 heterocycles. The van der Waals surface area contributed by atoms with Crippen LogP contribution in [0.4, 0.5) is 4.79 Å². The van der Waals surface area contributed by atoms with Crippen LogP contribution in [0.5, 0.6) is 5.88 Å². The van der Waals surface area contributed by atoms with Crippen LogP contribution in [0.15, 0.2) is 24.4 Å². The van der Waals surface area contributed by atoms with Crippen LogP contribution in [-0.4, -0.2) is 54.9 Å². The van der Waals surface area contributed by atoms with Crippen LogP contribution in [0, 0.1) is 0 Å². The molecule has 1 aromatic rings. The topological polar surface area (TPSA) is 87.1 Å². The lowest BCUT2D eigenvalue weighted by atomic mass is 10.1. The third-order valence-electron chi connectivity index (χ3n) is 2.17. The van der Waals surface area contributed by atoms with E-state index in [-0.39, 0.29) is 5.88 Å². The number of hydrogen-bond acceptors (Lipinski definition) is 7. The highest BCUT2D eigenvalue weighted by atomic mass is 16.7. The molecular weight excluding hydrogens is 302 g/mol. The van der Waals surface area contributed by atoms with Gasteiger partial charge in [-0.05, 0) is 33.8 Å². The monoisotopic (exact) mass is 329 g/mol. The number of carbonyl (C=O) groups is 1. The minimum Gasteiger partial charge on any atom is -0.425 e. The Balaban J connectivity index is 0.000000585. The summed E-state index contributed by atoms with van der Waals surface area (Å²) in [5, 5.41) is 8.89. The number of aromatic nitrogens is 1. The molecule has 0 saturated carbocycles. The Labute approximate surface area is 137 Å². The molecule has 0 bridgehead atoms. The Kier molecular flexibility index (Phi) is 9.40. The number of hydrogen-bond donors (Lipinski definition) is 1. The van der Waals surface area contributed by atoms with Crippen molar-refractivity contribution in [3.05, 3.63) is 24.4 Å². The summed E-state index contributed by atoms with van der Waals surface area (Å²) in [6, 6.07) is 5.02. The van der Waals surface area contributed by atoms with Gasteiger partial charge in [0.05, 0.1) is 18.8 Å². The molecule has 0 spiro atoms. The fraction of sp³-hybridized carbons (Fsp3) is 0.625. The van der Waals surface area contributed by atoms with Crippen molar-refractivity contribution >= 4 is 6.16 Å². The molecule has 132 valence electrons. The van der Waals surface area contributed by atoms with Crippen LogP contribution in [0.2, 0.25) is 0 Å². The molecule has 0 aliphatic heterocycles. The highest BCUT2D eigenvalue weighted by Crippen LogP contribution is 2.12. The van der Waals surface area contributed by atoms with Crippen molar-refractivity contribution in [1.82, 2.24) is 4.98 Å². The fourth-order valence-corrected chi connectivity index (χ4v) is 1.47. The molecule has 0 saturated heterocycles. The quantitative estimate of drug-likeness (QED) is 0.802. The number of pyridine rings is 1. The molecule has 0 aromatic carbocycles. The third-order valence-corrected chi connectivity index (χ3v) is 2.17. The van der Waals surface area contributed by atoms with E-state index in [9.17, 15) is 4.79 Å². The van der Waals surface area contributed by atoms with Crippen molar-refractivity contribution in [2.45, 2.75) is 38.9 Å². The van der Waals surface area contributed by atoms with Crippen molar-refractivity contribution in [1.29, 1.82) is 0 Å². The van der Waals surface area contributed by atoms with Crippen LogP contribution >= 0.6 is 0 Å². The summed E-state index contributed by atoms with van der Waals surface area (Å²) in [4.78, 5) is 15.2. The van der Waals surface area contributed by atoms with Gasteiger partial charge in [-0.1, -0.05) is 6.07 Å². The molecule has 0 aliphatic rings. The van der Waals surface area contributed by atoms with Gasteiger partial charge >= 0.3 is 6.16 Å². The van der Waals surface area contributed by atoms with Gasteiger partial charge in [-0.3, -0.25) is 0 Å². The third kappa shape index (κ3) is 12.5. The average Bonchev–Trinajstić information content (AvgIpc) is 2.38. The predicted octanol–water partition coefficient (Wildman–Crippen LogP) is 2.43. The maximum Gasteiger partial charge on any atom is 0.515 e. The zero-order valence-electron chi connectivity index (χ0n) is 14.7. The van der Waals surface area contributed by atoms with E-state index in [0.29, 0.717) is 13.2 Å². The predicted molar refractivity (Wildman–Crippen MR) is 85.5 cm³/mol. The first-order valence-electron chi connectivity index (χ1n) is 7.12. The first-order chi connectivity index (χ1) is 10.6. The van der Waals surface area contributed by atoms with Crippen molar-refractivity contribution in [2.24, 2.45) is 0 Å². The molecule has 0 fully saturated rings. The number of ether oxygens (including phenoxy) is 4. The normalized spacial score (nSPS) is 11.3. The van der Waals surface area contributed by atoms with Crippen molar-refractivity contribution < 1.29 is 28.8 Å². The summed E-state index contributed by atoms with van der Waals surface area (Å²) < 4.78 is 19.5. The summed E-state index contributed by atoms with van der Waals surface area (Å²) in [6.07, 6.45) is 0.740. The van der Waals surface area contributed by atoms with E-state index in [2.05, 4.69) is 9.72 Å². The van der Waals surface area contributed by atoms with Crippen LogP contribution in [0.3, 0.4) is 0 Å². The average molecular weight is 329 g/mol. The maximum absolute atomic E-state index is 11.4. The van der Waals surface area contributed by atoms with E-state index in [1.165, 1.54) is 13.3 Å². The van der Waals surface area contributed by atoms with Crippen LogP contribution in [-0.2, 0) is 14.2 Å². The van der Waals surface area contributed by atoms with Gasteiger partial charge in [0.25, 0.3) is 0 Å². The van der Waals surface area contributed by atoms with Crippen LogP contribution < -0.4 is 4.74 Å². The maximum atomic E-state index is 11.4. The molecule has 7 heteroatoms. The second kappa shape index (κ2) is 10.1. The van der Waals surface area contributed by atoms with Crippen LogP contribution in [0.1, 0.15) is 27.7 Å². The SMILES string of the molecule is COCC(C)(C)O.COCC(C)(C)OC(=O)Oc1ccccn1. The molecular formula is C16H27NO6. The van der Waals surface area contributed by atoms with E-state index in [4.69, 9.17) is 19.3 Å². The van der Waals surface area contributed by atoms with E-state index < -0.39 is 17.4 Å². The van der Waals surface area contributed by atoms with Gasteiger partial charge in [0, 0.05) is 26.5 Å². The second-order valence-electron chi connectivity index (χ2n) is 6.06. The highest BCUT2D eigenvalue weighted by Gasteiger charge is 2.24. The van der Waals surface area contributed by atoms with Gasteiger partial charge in [0.1, 0.15) is 5.60 Å². The summed E-state index contributed by atoms with van der Waals surface area (Å²) in [5.74, 6) is 0.209. The molecule has 0 amide bonds. The molecule has 1 N–H and O–H groups in total. The largest absolute Gasteiger partial charge is 0.515 e. The lowest BCUT2D eigenvalue weighted by molar-refractivity contribution is -0.0366. The molecule has 0 atom stereocenters. The number of aliphatic hydroxyl groups is 1. The van der Waals surface area contributed by atoms with E-state index in [1.807, 2.05) is 0 Å². The summed E-state index contributed by atoms with van der Waals surface area (Å²) in [7, 11) is 3.10. The Morgan fingerprint density at radius 2 is 1.74 bits per heavy atom. The highest BCUT2D eigenvalue weighted by molar-refractivity contribution is 5.63. The Hall–Kier alpha value is -1.70. The molecule has 23 heavy (non-hydrogen) atoms. The summed E-state index contributed by atoms with van der Waals surface area (Å²) in [5.41, 5.74) is -1.39. The first-order valence-corrected chi connectivity index (χ1v) is 7.12. The molecule has 0 unspecified atom stereocenters. The second-order valence-corrected chi connectivity index (χ2v) is 6.06. The summed E-state index contributed by atoms with van der Waals surface area (Å²) in [6.45, 7) is 7.57. The van der Waals surface area contributed by atoms with Gasteiger partial charge in [0.15, 0.2) is 0 Å². The Morgan fingerprint density at radius 3 is 2.13 bits per heavy atom. The Bertz CT molecular complexity index is 442. The molecule has 1 rings (SSSR count). The minimum absolute atomic E-state index is 0.209. The van der Waals surface area contributed by atoms with Crippen molar-refractivity contribution in [2.75, 3.05) is 27.4 Å². The molecule has 0 aliphatic carbocycles. The fourth-order valence-electron chi connectivity index (χ4n) is 1.47. The molecule has 1 aromatic heterocycles. The van der Waals surface area contributed by atoms with Gasteiger partial charge < -0.3 is 24.1 Å². The number of carbonyl (C=O) groups excluding carboxylic acids is 1. The smallest absolute Gasteiger partial charge is 0.425 e. The van der Waals surface area contributed by atoms with Crippen molar-refractivity contribution in [3.8, 4) is 5.88 Å². The number of rotatable bonds is 6. The lowest BCUT2D eigenvalue weighted by Gasteiger charge is -2.22.